The van der Waals surface area contributed by atoms with Gasteiger partial charge in [-0.2, -0.15) is 0 Å². The molecule has 0 saturated carbocycles. The maximum Gasteiger partial charge on any atom is 0.319 e. The average Bonchev–Trinajstić information content (AvgIpc) is 2.62. The molecule has 2 amide bonds. The Bertz CT molecular complexity index is 594. The number of nitrogens with one attached hydrogen (secondary N) is 2. The number of likely N-dealkylation sites (tertiary alicyclic amines) is 1. The zero-order valence-corrected chi connectivity index (χ0v) is 16.4. The Morgan fingerprint density at radius 1 is 1.22 bits per heavy atom. The molecule has 2 saturated heterocycles. The summed E-state index contributed by atoms with van der Waals surface area (Å²) in [5, 5.41) is 6.08. The number of anilines is 1. The van der Waals surface area contributed by atoms with E-state index in [1.54, 1.807) is 7.11 Å². The van der Waals surface area contributed by atoms with E-state index in [0.29, 0.717) is 25.0 Å². The van der Waals surface area contributed by atoms with E-state index in [9.17, 15) is 4.79 Å². The Kier molecular flexibility index (Phi) is 6.93. The molecule has 2 atom stereocenters. The Hall–Kier alpha value is -1.83. The van der Waals surface area contributed by atoms with E-state index in [1.165, 1.54) is 0 Å². The highest BCUT2D eigenvalue weighted by Gasteiger charge is 2.40. The van der Waals surface area contributed by atoms with Gasteiger partial charge < -0.3 is 29.7 Å². The lowest BCUT2D eigenvalue weighted by atomic mass is 9.82. The Balaban J connectivity index is 1.51. The van der Waals surface area contributed by atoms with E-state index in [-0.39, 0.29) is 18.2 Å². The molecule has 2 aliphatic heterocycles. The molecule has 0 aliphatic carbocycles. The molecular formula is C20H31N3O4. The van der Waals surface area contributed by atoms with Crippen LogP contribution in [-0.4, -0.2) is 69.6 Å². The van der Waals surface area contributed by atoms with Crippen molar-refractivity contribution in [1.29, 1.82) is 0 Å². The molecular weight excluding hydrogens is 346 g/mol. The van der Waals surface area contributed by atoms with E-state index < -0.39 is 0 Å². The standard InChI is InChI=1S/C20H31N3O4/c1-14(2)27-9-8-23-10-15-12-26-13-16(11-23)19(15)22-20(24)21-17-4-6-18(25-3)7-5-17/h4-7,14-16,19H,8-13H2,1-3H3,(H2,21,22,24). The van der Waals surface area contributed by atoms with Crippen molar-refractivity contribution in [2.24, 2.45) is 11.8 Å². The van der Waals surface area contributed by atoms with Crippen molar-refractivity contribution in [3.05, 3.63) is 24.3 Å². The summed E-state index contributed by atoms with van der Waals surface area (Å²) in [5.74, 6) is 1.37. The van der Waals surface area contributed by atoms with E-state index in [1.807, 2.05) is 24.3 Å². The molecule has 2 unspecified atom stereocenters. The number of amides is 2. The van der Waals surface area contributed by atoms with E-state index in [0.717, 1.165) is 37.7 Å². The van der Waals surface area contributed by atoms with Crippen LogP contribution in [0, 0.1) is 11.8 Å². The minimum Gasteiger partial charge on any atom is -0.497 e. The molecule has 2 aliphatic rings. The second-order valence-corrected chi connectivity index (χ2v) is 7.59. The number of methoxy groups -OCH3 is 1. The summed E-state index contributed by atoms with van der Waals surface area (Å²) in [5.41, 5.74) is 0.748. The summed E-state index contributed by atoms with van der Waals surface area (Å²) in [4.78, 5) is 14.9. The predicted molar refractivity (Wildman–Crippen MR) is 104 cm³/mol. The second kappa shape index (κ2) is 9.39. The Morgan fingerprint density at radius 2 is 1.89 bits per heavy atom. The van der Waals surface area contributed by atoms with E-state index >= 15 is 0 Å². The minimum atomic E-state index is -0.168. The third-order valence-corrected chi connectivity index (χ3v) is 5.17. The number of hydrogen-bond donors (Lipinski definition) is 2. The molecule has 1 aromatic carbocycles. The van der Waals surface area contributed by atoms with Crippen molar-refractivity contribution >= 4 is 11.7 Å². The van der Waals surface area contributed by atoms with Crippen LogP contribution in [0.1, 0.15) is 13.8 Å². The van der Waals surface area contributed by atoms with Crippen LogP contribution in [0.4, 0.5) is 10.5 Å². The smallest absolute Gasteiger partial charge is 0.319 e. The Morgan fingerprint density at radius 3 is 2.48 bits per heavy atom. The van der Waals surface area contributed by atoms with Gasteiger partial charge in [-0.05, 0) is 38.1 Å². The summed E-state index contributed by atoms with van der Waals surface area (Å²) in [6.45, 7) is 9.00. The first kappa shape index (κ1) is 19.9. The first-order valence-electron chi connectivity index (χ1n) is 9.68. The van der Waals surface area contributed by atoms with Gasteiger partial charge in [-0.25, -0.2) is 4.79 Å². The van der Waals surface area contributed by atoms with Gasteiger partial charge in [-0.1, -0.05) is 0 Å². The highest BCUT2D eigenvalue weighted by molar-refractivity contribution is 5.89. The largest absolute Gasteiger partial charge is 0.497 e. The van der Waals surface area contributed by atoms with Crippen molar-refractivity contribution in [2.45, 2.75) is 26.0 Å². The van der Waals surface area contributed by atoms with Crippen LogP contribution >= 0.6 is 0 Å². The van der Waals surface area contributed by atoms with Crippen molar-refractivity contribution in [3.63, 3.8) is 0 Å². The van der Waals surface area contributed by atoms with E-state index in [2.05, 4.69) is 29.4 Å². The molecule has 2 N–H and O–H groups in total. The van der Waals surface area contributed by atoms with Crippen molar-refractivity contribution in [1.82, 2.24) is 10.2 Å². The van der Waals surface area contributed by atoms with Crippen LogP contribution in [0.3, 0.4) is 0 Å². The van der Waals surface area contributed by atoms with Crippen LogP contribution in [-0.2, 0) is 9.47 Å². The normalized spacial score (nSPS) is 25.3. The third-order valence-electron chi connectivity index (χ3n) is 5.17. The van der Waals surface area contributed by atoms with Crippen LogP contribution < -0.4 is 15.4 Å². The lowest BCUT2D eigenvalue weighted by Crippen LogP contribution is -2.62. The topological polar surface area (TPSA) is 72.1 Å². The molecule has 3 rings (SSSR count). The first-order chi connectivity index (χ1) is 13.0. The lowest BCUT2D eigenvalue weighted by molar-refractivity contribution is -0.0670. The van der Waals surface area contributed by atoms with Crippen LogP contribution in [0.2, 0.25) is 0 Å². The first-order valence-corrected chi connectivity index (χ1v) is 9.68. The highest BCUT2D eigenvalue weighted by Crippen LogP contribution is 2.28. The number of hydrogen-bond acceptors (Lipinski definition) is 5. The van der Waals surface area contributed by atoms with Crippen LogP contribution in [0.15, 0.2) is 24.3 Å². The van der Waals surface area contributed by atoms with Crippen molar-refractivity contribution in [3.8, 4) is 5.75 Å². The number of ether oxygens (including phenoxy) is 3. The number of urea groups is 1. The third kappa shape index (κ3) is 5.57. The van der Waals surface area contributed by atoms with Crippen LogP contribution in [0.25, 0.3) is 0 Å². The average molecular weight is 377 g/mol. The summed E-state index contributed by atoms with van der Waals surface area (Å²) < 4.78 is 16.6. The number of carbonyl (C=O) groups excluding carboxylic acids is 1. The van der Waals surface area contributed by atoms with Crippen LogP contribution in [0.5, 0.6) is 5.75 Å². The molecule has 7 heteroatoms. The summed E-state index contributed by atoms with van der Waals surface area (Å²) in [6, 6.07) is 7.29. The quantitative estimate of drug-likeness (QED) is 0.762. The molecule has 2 heterocycles. The summed E-state index contributed by atoms with van der Waals surface area (Å²) in [6.07, 6.45) is 0.258. The lowest BCUT2D eigenvalue weighted by Gasteiger charge is -2.47. The molecule has 150 valence electrons. The highest BCUT2D eigenvalue weighted by atomic mass is 16.5. The van der Waals surface area contributed by atoms with Gasteiger partial charge in [-0.3, -0.25) is 0 Å². The minimum absolute atomic E-state index is 0.138. The fourth-order valence-corrected chi connectivity index (χ4v) is 3.86. The van der Waals surface area contributed by atoms with Crippen molar-refractivity contribution in [2.75, 3.05) is 51.9 Å². The molecule has 2 bridgehead atoms. The number of carbonyl (C=O) groups is 1. The predicted octanol–water partition coefficient (Wildman–Crippen LogP) is 2.19. The van der Waals surface area contributed by atoms with Gasteiger partial charge in [0.25, 0.3) is 0 Å². The second-order valence-electron chi connectivity index (χ2n) is 7.59. The van der Waals surface area contributed by atoms with Gasteiger partial charge in [0.1, 0.15) is 5.75 Å². The number of nitrogens with zero attached hydrogens (tertiary/aromatic N) is 1. The number of fused-ring (bicyclic) bond motifs is 2. The van der Waals surface area contributed by atoms with Gasteiger partial charge >= 0.3 is 6.03 Å². The number of rotatable bonds is 7. The van der Waals surface area contributed by atoms with Gasteiger partial charge in [0.2, 0.25) is 0 Å². The molecule has 2 fully saturated rings. The zero-order chi connectivity index (χ0) is 19.2. The van der Waals surface area contributed by atoms with E-state index in [4.69, 9.17) is 14.2 Å². The van der Waals surface area contributed by atoms with Gasteiger partial charge in [0.15, 0.2) is 0 Å². The Labute approximate surface area is 161 Å². The van der Waals surface area contributed by atoms with Gasteiger partial charge in [0, 0.05) is 43.2 Å². The number of benzene rings is 1. The SMILES string of the molecule is COc1ccc(NC(=O)NC2C3COCC2CN(CCOC(C)C)C3)cc1. The monoisotopic (exact) mass is 377 g/mol. The summed E-state index contributed by atoms with van der Waals surface area (Å²) >= 11 is 0. The molecule has 0 radical (unpaired) electrons. The fourth-order valence-electron chi connectivity index (χ4n) is 3.86. The molecule has 27 heavy (non-hydrogen) atoms. The maximum atomic E-state index is 12.5. The summed E-state index contributed by atoms with van der Waals surface area (Å²) in [7, 11) is 1.62. The van der Waals surface area contributed by atoms with Gasteiger partial charge in [0.05, 0.1) is 33.0 Å². The van der Waals surface area contributed by atoms with Gasteiger partial charge in [-0.15, -0.1) is 0 Å². The fraction of sp³-hybridized carbons (Fsp3) is 0.650. The zero-order valence-electron chi connectivity index (χ0n) is 16.4. The maximum absolute atomic E-state index is 12.5. The van der Waals surface area contributed by atoms with Crippen molar-refractivity contribution < 1.29 is 19.0 Å². The molecule has 7 nitrogen and oxygen atoms in total. The molecule has 0 aromatic heterocycles. The molecule has 1 aromatic rings. The number of piperidine rings is 1. The molecule has 0 spiro atoms.